The molecule has 5 rings (SSSR count). The molecule has 0 radical (unpaired) electrons. The molecule has 0 saturated heterocycles. The number of nitrogens with one attached hydrogen (secondary N) is 2. The summed E-state index contributed by atoms with van der Waals surface area (Å²) < 4.78 is 24.9. The molecule has 2 aromatic carbocycles. The van der Waals surface area contributed by atoms with Crippen molar-refractivity contribution < 1.29 is 13.2 Å². The van der Waals surface area contributed by atoms with Crippen LogP contribution in [0.15, 0.2) is 95.7 Å². The van der Waals surface area contributed by atoms with Gasteiger partial charge in [-0.1, -0.05) is 12.1 Å². The maximum absolute atomic E-state index is 14.5. The fourth-order valence-corrected chi connectivity index (χ4v) is 3.32. The van der Waals surface area contributed by atoms with E-state index < -0.39 is 22.9 Å². The molecule has 3 heterocycles. The molecule has 1 unspecified atom stereocenters. The molecule has 1 atom stereocenters. The van der Waals surface area contributed by atoms with Gasteiger partial charge in [-0.05, 0) is 30.3 Å². The van der Waals surface area contributed by atoms with Gasteiger partial charge in [0.05, 0.1) is 6.21 Å². The second-order valence-electron chi connectivity index (χ2n) is 7.01. The summed E-state index contributed by atoms with van der Waals surface area (Å²) in [6, 6.07) is 15.9. The van der Waals surface area contributed by atoms with Crippen molar-refractivity contribution in [1.29, 1.82) is 0 Å². The zero-order chi connectivity index (χ0) is 21.6. The third kappa shape index (κ3) is 3.47. The van der Waals surface area contributed by atoms with Crippen molar-refractivity contribution in [2.45, 2.75) is 5.79 Å². The van der Waals surface area contributed by atoms with Crippen LogP contribution in [0.4, 0.5) is 10.1 Å². The first-order valence-electron chi connectivity index (χ1n) is 9.27. The molecule has 0 aliphatic carbocycles. The van der Waals surface area contributed by atoms with E-state index in [1.54, 1.807) is 48.5 Å². The Hall–Kier alpha value is -4.24. The van der Waals surface area contributed by atoms with Gasteiger partial charge >= 0.3 is 11.3 Å². The summed E-state index contributed by atoms with van der Waals surface area (Å²) in [6.07, 6.45) is 1.01. The fourth-order valence-electron chi connectivity index (χ4n) is 3.32. The standard InChI is InChI=1S/C22H15FN4O4/c23-16-11-25-22(24,14-5-1-12-3-7-19(28)30-17(12)9-14)27-21(16)26-15-6-2-13-4-8-20(29)31-18(13)10-15/h1-11,26-27H,24H2. The SMILES string of the molecule is NC1(c2ccc3ccc(=O)oc3c2)N=CC(F)=C(Nc2ccc3ccc(=O)oc3c2)N1. The maximum Gasteiger partial charge on any atom is 0.336 e. The predicted octanol–water partition coefficient (Wildman–Crippen LogP) is 2.89. The monoisotopic (exact) mass is 418 g/mol. The lowest BCUT2D eigenvalue weighted by Crippen LogP contribution is -2.51. The van der Waals surface area contributed by atoms with Gasteiger partial charge in [0.25, 0.3) is 0 Å². The van der Waals surface area contributed by atoms with Gasteiger partial charge in [0.15, 0.2) is 5.83 Å². The van der Waals surface area contributed by atoms with Crippen LogP contribution in [0.5, 0.6) is 0 Å². The van der Waals surface area contributed by atoms with Crippen LogP contribution in [-0.2, 0) is 5.79 Å². The predicted molar refractivity (Wildman–Crippen MR) is 114 cm³/mol. The molecule has 0 fully saturated rings. The van der Waals surface area contributed by atoms with Gasteiger partial charge in [-0.25, -0.2) is 19.0 Å². The summed E-state index contributed by atoms with van der Waals surface area (Å²) in [7, 11) is 0. The lowest BCUT2D eigenvalue weighted by atomic mass is 10.1. The molecule has 9 heteroatoms. The minimum atomic E-state index is -1.51. The Balaban J connectivity index is 1.48. The van der Waals surface area contributed by atoms with Crippen molar-refractivity contribution in [3.05, 3.63) is 98.7 Å². The first-order valence-corrected chi connectivity index (χ1v) is 9.27. The first-order chi connectivity index (χ1) is 14.9. The van der Waals surface area contributed by atoms with Crippen molar-refractivity contribution in [2.75, 3.05) is 5.32 Å². The Bertz CT molecular complexity index is 1520. The Morgan fingerprint density at radius 3 is 2.23 bits per heavy atom. The van der Waals surface area contributed by atoms with Crippen LogP contribution in [0, 0.1) is 0 Å². The highest BCUT2D eigenvalue weighted by molar-refractivity contribution is 5.83. The van der Waals surface area contributed by atoms with Gasteiger partial charge in [0, 0.05) is 40.2 Å². The van der Waals surface area contributed by atoms with E-state index in [4.69, 9.17) is 14.6 Å². The zero-order valence-corrected chi connectivity index (χ0v) is 15.9. The van der Waals surface area contributed by atoms with Crippen LogP contribution in [0.1, 0.15) is 5.56 Å². The number of nitrogens with two attached hydrogens (primary N) is 1. The minimum absolute atomic E-state index is 0.0234. The number of nitrogens with zero attached hydrogens (tertiary/aromatic N) is 1. The number of aliphatic imine (C=N–C) groups is 1. The molecule has 31 heavy (non-hydrogen) atoms. The smallest absolute Gasteiger partial charge is 0.336 e. The molecule has 0 spiro atoms. The van der Waals surface area contributed by atoms with Crippen LogP contribution in [-0.4, -0.2) is 6.21 Å². The summed E-state index contributed by atoms with van der Waals surface area (Å²) in [4.78, 5) is 27.1. The molecule has 0 saturated carbocycles. The van der Waals surface area contributed by atoms with Crippen LogP contribution in [0.25, 0.3) is 21.9 Å². The molecule has 4 N–H and O–H groups in total. The highest BCUT2D eigenvalue weighted by atomic mass is 19.1. The Labute approximate surface area is 173 Å². The third-order valence-electron chi connectivity index (χ3n) is 4.89. The molecule has 0 amide bonds. The van der Waals surface area contributed by atoms with Crippen molar-refractivity contribution in [1.82, 2.24) is 5.32 Å². The normalized spacial score (nSPS) is 18.4. The molecule has 2 aromatic heterocycles. The first kappa shape index (κ1) is 18.8. The number of hydrogen-bond acceptors (Lipinski definition) is 8. The second-order valence-corrected chi connectivity index (χ2v) is 7.01. The molecule has 154 valence electrons. The maximum atomic E-state index is 14.5. The molecule has 8 nitrogen and oxygen atoms in total. The quantitative estimate of drug-likeness (QED) is 0.437. The van der Waals surface area contributed by atoms with Gasteiger partial charge in [-0.2, -0.15) is 0 Å². The highest BCUT2D eigenvalue weighted by Crippen LogP contribution is 2.27. The van der Waals surface area contributed by atoms with Crippen molar-refractivity contribution in [3.8, 4) is 0 Å². The van der Waals surface area contributed by atoms with E-state index in [0.717, 1.165) is 11.6 Å². The molecule has 1 aliphatic heterocycles. The van der Waals surface area contributed by atoms with E-state index in [2.05, 4.69) is 15.6 Å². The van der Waals surface area contributed by atoms with Gasteiger partial charge in [-0.15, -0.1) is 0 Å². The van der Waals surface area contributed by atoms with E-state index >= 15 is 0 Å². The number of fused-ring (bicyclic) bond motifs is 2. The summed E-state index contributed by atoms with van der Waals surface area (Å²) in [5.41, 5.74) is 7.04. The molecule has 4 aromatic rings. The highest BCUT2D eigenvalue weighted by Gasteiger charge is 2.31. The van der Waals surface area contributed by atoms with Crippen molar-refractivity contribution in [2.24, 2.45) is 10.7 Å². The summed E-state index contributed by atoms with van der Waals surface area (Å²) in [5.74, 6) is -2.20. The van der Waals surface area contributed by atoms with E-state index in [0.29, 0.717) is 27.8 Å². The van der Waals surface area contributed by atoms with Gasteiger partial charge < -0.3 is 19.5 Å². The topological polar surface area (TPSA) is 123 Å². The Morgan fingerprint density at radius 1 is 0.903 bits per heavy atom. The molecule has 1 aliphatic rings. The average molecular weight is 418 g/mol. The third-order valence-corrected chi connectivity index (χ3v) is 4.89. The van der Waals surface area contributed by atoms with Crippen molar-refractivity contribution in [3.63, 3.8) is 0 Å². The van der Waals surface area contributed by atoms with Crippen LogP contribution in [0.3, 0.4) is 0 Å². The van der Waals surface area contributed by atoms with E-state index in [-0.39, 0.29) is 5.82 Å². The van der Waals surface area contributed by atoms with Crippen LogP contribution < -0.4 is 27.6 Å². The molecular weight excluding hydrogens is 403 g/mol. The average Bonchev–Trinajstić information content (AvgIpc) is 2.75. The largest absolute Gasteiger partial charge is 0.423 e. The van der Waals surface area contributed by atoms with E-state index in [1.807, 2.05) is 0 Å². The number of allylic oxidation sites excluding steroid dienone is 1. The molecule has 0 bridgehead atoms. The minimum Gasteiger partial charge on any atom is -0.423 e. The lowest BCUT2D eigenvalue weighted by Gasteiger charge is -2.32. The Kier molecular flexibility index (Phi) is 4.19. The van der Waals surface area contributed by atoms with Crippen LogP contribution >= 0.6 is 0 Å². The fraction of sp³-hybridized carbons (Fsp3) is 0.0455. The van der Waals surface area contributed by atoms with E-state index in [1.165, 1.54) is 12.1 Å². The second kappa shape index (κ2) is 6.92. The number of hydrogen-bond donors (Lipinski definition) is 3. The van der Waals surface area contributed by atoms with Gasteiger partial charge in [0.2, 0.25) is 5.79 Å². The summed E-state index contributed by atoms with van der Waals surface area (Å²) in [5, 5.41) is 7.18. The zero-order valence-electron chi connectivity index (χ0n) is 15.9. The summed E-state index contributed by atoms with van der Waals surface area (Å²) in [6.45, 7) is 0. The lowest BCUT2D eigenvalue weighted by molar-refractivity contribution is 0.386. The summed E-state index contributed by atoms with van der Waals surface area (Å²) >= 11 is 0. The van der Waals surface area contributed by atoms with Gasteiger partial charge in [-0.3, -0.25) is 5.73 Å². The number of benzene rings is 2. The number of anilines is 1. The van der Waals surface area contributed by atoms with E-state index in [9.17, 15) is 14.0 Å². The number of halogens is 1. The van der Waals surface area contributed by atoms with Gasteiger partial charge in [0.1, 0.15) is 17.0 Å². The molecular formula is C22H15FN4O4. The van der Waals surface area contributed by atoms with Crippen molar-refractivity contribution >= 4 is 33.8 Å². The number of rotatable bonds is 3. The Morgan fingerprint density at radius 2 is 1.52 bits per heavy atom. The van der Waals surface area contributed by atoms with Crippen LogP contribution in [0.2, 0.25) is 0 Å².